The minimum Gasteiger partial charge on any atom is -0.375 e. The predicted octanol–water partition coefficient (Wildman–Crippen LogP) is 1.93. The van der Waals surface area contributed by atoms with Crippen molar-refractivity contribution in [3.05, 3.63) is 42.1 Å². The molecule has 0 aliphatic carbocycles. The second-order valence-electron chi connectivity index (χ2n) is 5.21. The Labute approximate surface area is 124 Å². The van der Waals surface area contributed by atoms with Crippen LogP contribution in [0, 0.1) is 0 Å². The van der Waals surface area contributed by atoms with E-state index in [1.165, 1.54) is 0 Å². The monoisotopic (exact) mass is 285 g/mol. The fourth-order valence-electron chi connectivity index (χ4n) is 2.64. The fourth-order valence-corrected chi connectivity index (χ4v) is 2.64. The molecule has 2 heterocycles. The number of carbonyl (C=O) groups is 1. The highest BCUT2D eigenvalue weighted by molar-refractivity contribution is 5.77. The number of benzene rings is 1. The lowest BCUT2D eigenvalue weighted by Crippen LogP contribution is -2.33. The van der Waals surface area contributed by atoms with E-state index in [4.69, 9.17) is 4.74 Å². The molecule has 21 heavy (non-hydrogen) atoms. The molecule has 0 atom stereocenters. The molecule has 5 nitrogen and oxygen atoms in total. The molecule has 0 radical (unpaired) electrons. The van der Waals surface area contributed by atoms with Crippen molar-refractivity contribution < 1.29 is 9.53 Å². The quantitative estimate of drug-likeness (QED) is 0.865. The van der Waals surface area contributed by atoms with Crippen LogP contribution in [0.4, 0.5) is 0 Å². The van der Waals surface area contributed by atoms with E-state index in [2.05, 4.69) is 23.3 Å². The molecule has 1 aliphatic rings. The molecule has 0 bridgehead atoms. The predicted molar refractivity (Wildman–Crippen MR) is 79.6 cm³/mol. The summed E-state index contributed by atoms with van der Waals surface area (Å²) in [5.41, 5.74) is 3.15. The number of hydrogen-bond acceptors (Lipinski definition) is 3. The van der Waals surface area contributed by atoms with Crippen LogP contribution >= 0.6 is 0 Å². The summed E-state index contributed by atoms with van der Waals surface area (Å²) in [6, 6.07) is 12.2. The molecule has 0 saturated heterocycles. The van der Waals surface area contributed by atoms with Crippen molar-refractivity contribution >= 4 is 5.91 Å². The Morgan fingerprint density at radius 2 is 2.10 bits per heavy atom. The maximum atomic E-state index is 12.0. The lowest BCUT2D eigenvalue weighted by molar-refractivity contribution is -0.135. The molecule has 0 unspecified atom stereocenters. The molecular formula is C16H19N3O2. The van der Waals surface area contributed by atoms with Crippen LogP contribution in [0.25, 0.3) is 11.3 Å². The molecule has 1 amide bonds. The summed E-state index contributed by atoms with van der Waals surface area (Å²) in [4.78, 5) is 13.9. The summed E-state index contributed by atoms with van der Waals surface area (Å²) >= 11 is 0. The number of nitrogens with zero attached hydrogens (tertiary/aromatic N) is 3. The van der Waals surface area contributed by atoms with E-state index in [9.17, 15) is 4.79 Å². The van der Waals surface area contributed by atoms with Gasteiger partial charge in [0.15, 0.2) is 0 Å². The Kier molecular flexibility index (Phi) is 4.01. The number of rotatable bonds is 3. The van der Waals surface area contributed by atoms with E-state index in [-0.39, 0.29) is 12.5 Å². The Bertz CT molecular complexity index is 622. The number of amides is 1. The first-order valence-electron chi connectivity index (χ1n) is 7.17. The second kappa shape index (κ2) is 6.10. The van der Waals surface area contributed by atoms with Gasteiger partial charge < -0.3 is 9.64 Å². The minimum absolute atomic E-state index is 0.0356. The van der Waals surface area contributed by atoms with Crippen LogP contribution in [0.2, 0.25) is 0 Å². The van der Waals surface area contributed by atoms with Crippen LogP contribution in [0.1, 0.15) is 12.1 Å². The van der Waals surface area contributed by atoms with Crippen LogP contribution in [0.5, 0.6) is 0 Å². The van der Waals surface area contributed by atoms with Crippen molar-refractivity contribution in [3.63, 3.8) is 0 Å². The zero-order valence-electron chi connectivity index (χ0n) is 12.2. The fraction of sp³-hybridized carbons (Fsp3) is 0.375. The van der Waals surface area contributed by atoms with Crippen molar-refractivity contribution in [2.24, 2.45) is 0 Å². The topological polar surface area (TPSA) is 47.4 Å². The van der Waals surface area contributed by atoms with E-state index in [0.717, 1.165) is 36.5 Å². The zero-order chi connectivity index (χ0) is 14.7. The molecule has 0 fully saturated rings. The van der Waals surface area contributed by atoms with Gasteiger partial charge in [-0.1, -0.05) is 30.3 Å². The van der Waals surface area contributed by atoms with E-state index in [1.54, 1.807) is 7.11 Å². The van der Waals surface area contributed by atoms with E-state index >= 15 is 0 Å². The van der Waals surface area contributed by atoms with E-state index in [1.807, 2.05) is 27.8 Å². The zero-order valence-corrected chi connectivity index (χ0v) is 12.2. The van der Waals surface area contributed by atoms with Crippen LogP contribution in [-0.4, -0.2) is 40.8 Å². The van der Waals surface area contributed by atoms with Crippen LogP contribution < -0.4 is 0 Å². The van der Waals surface area contributed by atoms with Gasteiger partial charge in [-0.3, -0.25) is 9.48 Å². The highest BCUT2D eigenvalue weighted by Gasteiger charge is 2.20. The summed E-state index contributed by atoms with van der Waals surface area (Å²) in [5, 5.41) is 4.67. The SMILES string of the molecule is COCC(=O)N1CCCn2nc(-c3ccccc3)cc2C1. The maximum Gasteiger partial charge on any atom is 0.248 e. The largest absolute Gasteiger partial charge is 0.375 e. The third-order valence-corrected chi connectivity index (χ3v) is 3.70. The van der Waals surface area contributed by atoms with E-state index < -0.39 is 0 Å². The van der Waals surface area contributed by atoms with Gasteiger partial charge in [0, 0.05) is 25.8 Å². The van der Waals surface area contributed by atoms with E-state index in [0.29, 0.717) is 6.54 Å². The number of methoxy groups -OCH3 is 1. The average Bonchev–Trinajstić information content (AvgIpc) is 2.80. The van der Waals surface area contributed by atoms with Gasteiger partial charge in [-0.05, 0) is 12.5 Å². The Hall–Kier alpha value is -2.14. The molecule has 2 aromatic rings. The Balaban J connectivity index is 1.84. The number of aryl methyl sites for hydroxylation is 1. The number of ether oxygens (including phenoxy) is 1. The third-order valence-electron chi connectivity index (χ3n) is 3.70. The highest BCUT2D eigenvalue weighted by atomic mass is 16.5. The molecule has 110 valence electrons. The van der Waals surface area contributed by atoms with Crippen LogP contribution in [0.15, 0.2) is 36.4 Å². The molecule has 1 aromatic heterocycles. The first kappa shape index (κ1) is 13.8. The lowest BCUT2D eigenvalue weighted by atomic mass is 10.1. The lowest BCUT2D eigenvalue weighted by Gasteiger charge is -2.19. The number of carbonyl (C=O) groups excluding carboxylic acids is 1. The van der Waals surface area contributed by atoms with Crippen molar-refractivity contribution in [2.45, 2.75) is 19.5 Å². The normalized spacial score (nSPS) is 14.6. The Morgan fingerprint density at radius 3 is 2.86 bits per heavy atom. The summed E-state index contributed by atoms with van der Waals surface area (Å²) in [5.74, 6) is 0.0356. The number of aromatic nitrogens is 2. The second-order valence-corrected chi connectivity index (χ2v) is 5.21. The van der Waals surface area contributed by atoms with Crippen molar-refractivity contribution in [2.75, 3.05) is 20.3 Å². The standard InChI is InChI=1S/C16H19N3O2/c1-21-12-16(20)18-8-5-9-19-14(11-18)10-15(17-19)13-6-3-2-4-7-13/h2-4,6-7,10H,5,8-9,11-12H2,1H3. The summed E-state index contributed by atoms with van der Waals surface area (Å²) in [7, 11) is 1.55. The highest BCUT2D eigenvalue weighted by Crippen LogP contribution is 2.21. The van der Waals surface area contributed by atoms with Gasteiger partial charge >= 0.3 is 0 Å². The molecule has 0 saturated carbocycles. The first-order chi connectivity index (χ1) is 10.3. The van der Waals surface area contributed by atoms with Gasteiger partial charge in [0.25, 0.3) is 0 Å². The van der Waals surface area contributed by atoms with Gasteiger partial charge in [0.1, 0.15) is 6.61 Å². The summed E-state index contributed by atoms with van der Waals surface area (Å²) in [6.07, 6.45) is 0.915. The summed E-state index contributed by atoms with van der Waals surface area (Å²) < 4.78 is 6.96. The molecule has 3 rings (SSSR count). The molecule has 0 spiro atoms. The van der Waals surface area contributed by atoms with Gasteiger partial charge in [-0.2, -0.15) is 5.10 Å². The van der Waals surface area contributed by atoms with Gasteiger partial charge in [0.05, 0.1) is 17.9 Å². The van der Waals surface area contributed by atoms with Crippen LogP contribution in [0.3, 0.4) is 0 Å². The van der Waals surface area contributed by atoms with Crippen molar-refractivity contribution in [1.82, 2.24) is 14.7 Å². The number of fused-ring (bicyclic) bond motifs is 1. The summed E-state index contributed by atoms with van der Waals surface area (Å²) in [6.45, 7) is 2.34. The van der Waals surface area contributed by atoms with Gasteiger partial charge in [-0.15, -0.1) is 0 Å². The van der Waals surface area contributed by atoms with Gasteiger partial charge in [-0.25, -0.2) is 0 Å². The molecule has 0 N–H and O–H groups in total. The molecular weight excluding hydrogens is 266 g/mol. The first-order valence-corrected chi connectivity index (χ1v) is 7.17. The maximum absolute atomic E-state index is 12.0. The van der Waals surface area contributed by atoms with Crippen molar-refractivity contribution in [1.29, 1.82) is 0 Å². The smallest absolute Gasteiger partial charge is 0.248 e. The number of hydrogen-bond donors (Lipinski definition) is 0. The average molecular weight is 285 g/mol. The minimum atomic E-state index is 0.0356. The molecule has 5 heteroatoms. The molecule has 1 aromatic carbocycles. The molecule has 1 aliphatic heterocycles. The van der Waals surface area contributed by atoms with Crippen LogP contribution in [-0.2, 0) is 22.6 Å². The van der Waals surface area contributed by atoms with Gasteiger partial charge in [0.2, 0.25) is 5.91 Å². The van der Waals surface area contributed by atoms with Crippen molar-refractivity contribution in [3.8, 4) is 11.3 Å². The Morgan fingerprint density at radius 1 is 1.29 bits per heavy atom. The third kappa shape index (κ3) is 2.97.